The molecular formula is C18H25N3OS. The molecule has 3 rings (SSSR count). The fraction of sp³-hybridized carbons (Fsp3) is 0.500. The summed E-state index contributed by atoms with van der Waals surface area (Å²) in [5.41, 5.74) is 2.28. The Balaban J connectivity index is 1.56. The van der Waals surface area contributed by atoms with Crippen molar-refractivity contribution in [3.63, 3.8) is 0 Å². The minimum Gasteiger partial charge on any atom is -0.376 e. The van der Waals surface area contributed by atoms with Crippen LogP contribution in [-0.4, -0.2) is 61.2 Å². The molecule has 124 valence electrons. The highest BCUT2D eigenvalue weighted by Gasteiger charge is 2.21. The van der Waals surface area contributed by atoms with E-state index in [0.717, 1.165) is 44.9 Å². The second-order valence-corrected chi connectivity index (χ2v) is 7.26. The standard InChI is InChI=1S/C18H25N3OS/c1-20(2)9-8-16-12-21(10-11-22-16)13-18-19-17(14-23-18)15-6-4-3-5-7-15/h3-7,14,16H,8-13H2,1-2H3/t16-/m0/s1. The number of thiazole rings is 1. The first-order valence-electron chi connectivity index (χ1n) is 8.19. The van der Waals surface area contributed by atoms with Crippen LogP contribution in [0.25, 0.3) is 11.3 Å². The predicted molar refractivity (Wildman–Crippen MR) is 95.7 cm³/mol. The van der Waals surface area contributed by atoms with Crippen molar-refractivity contribution in [2.24, 2.45) is 0 Å². The molecule has 0 radical (unpaired) electrons. The van der Waals surface area contributed by atoms with Gasteiger partial charge in [0, 0.05) is 30.6 Å². The van der Waals surface area contributed by atoms with Gasteiger partial charge in [-0.05, 0) is 20.5 Å². The highest BCUT2D eigenvalue weighted by molar-refractivity contribution is 7.09. The molecule has 2 aromatic rings. The van der Waals surface area contributed by atoms with E-state index in [1.165, 1.54) is 10.6 Å². The third kappa shape index (κ3) is 4.85. The summed E-state index contributed by atoms with van der Waals surface area (Å²) in [6.07, 6.45) is 1.44. The zero-order chi connectivity index (χ0) is 16.1. The first kappa shape index (κ1) is 16.6. The van der Waals surface area contributed by atoms with Crippen molar-refractivity contribution in [3.05, 3.63) is 40.7 Å². The minimum atomic E-state index is 0.347. The van der Waals surface area contributed by atoms with E-state index >= 15 is 0 Å². The van der Waals surface area contributed by atoms with Crippen LogP contribution in [0.15, 0.2) is 35.7 Å². The molecule has 1 atom stereocenters. The van der Waals surface area contributed by atoms with E-state index in [2.05, 4.69) is 53.5 Å². The summed E-state index contributed by atoms with van der Waals surface area (Å²) in [5, 5.41) is 3.35. The van der Waals surface area contributed by atoms with Crippen molar-refractivity contribution in [1.29, 1.82) is 0 Å². The van der Waals surface area contributed by atoms with Gasteiger partial charge >= 0.3 is 0 Å². The molecule has 1 saturated heterocycles. The molecular weight excluding hydrogens is 306 g/mol. The normalized spacial score (nSPS) is 19.3. The average molecular weight is 331 g/mol. The van der Waals surface area contributed by atoms with Gasteiger partial charge in [-0.1, -0.05) is 30.3 Å². The number of nitrogens with zero attached hydrogens (tertiary/aromatic N) is 3. The third-order valence-corrected chi connectivity index (χ3v) is 4.93. The van der Waals surface area contributed by atoms with E-state index in [-0.39, 0.29) is 0 Å². The van der Waals surface area contributed by atoms with Gasteiger partial charge in [0.15, 0.2) is 0 Å². The van der Waals surface area contributed by atoms with Crippen molar-refractivity contribution in [1.82, 2.24) is 14.8 Å². The van der Waals surface area contributed by atoms with Crippen molar-refractivity contribution >= 4 is 11.3 Å². The summed E-state index contributed by atoms with van der Waals surface area (Å²) in [4.78, 5) is 9.49. The Hall–Kier alpha value is -1.27. The number of hydrogen-bond donors (Lipinski definition) is 0. The van der Waals surface area contributed by atoms with Crippen LogP contribution >= 0.6 is 11.3 Å². The first-order chi connectivity index (χ1) is 11.2. The topological polar surface area (TPSA) is 28.6 Å². The summed E-state index contributed by atoms with van der Waals surface area (Å²) in [6.45, 7) is 4.84. The maximum atomic E-state index is 5.89. The number of rotatable bonds is 6. The van der Waals surface area contributed by atoms with Crippen molar-refractivity contribution in [3.8, 4) is 11.3 Å². The SMILES string of the molecule is CN(C)CC[C@H]1CN(Cc2nc(-c3ccccc3)cs2)CCO1. The lowest BCUT2D eigenvalue weighted by Gasteiger charge is -2.32. The van der Waals surface area contributed by atoms with Crippen molar-refractivity contribution < 1.29 is 4.74 Å². The molecule has 0 bridgehead atoms. The molecule has 0 spiro atoms. The van der Waals surface area contributed by atoms with Gasteiger partial charge in [0.25, 0.3) is 0 Å². The Kier molecular flexibility index (Phi) is 5.78. The molecule has 1 aliphatic rings. The van der Waals surface area contributed by atoms with Gasteiger partial charge in [0.2, 0.25) is 0 Å². The summed E-state index contributed by atoms with van der Waals surface area (Å²) in [7, 11) is 4.22. The van der Waals surface area contributed by atoms with E-state index in [1.54, 1.807) is 11.3 Å². The van der Waals surface area contributed by atoms with Gasteiger partial charge < -0.3 is 9.64 Å². The van der Waals surface area contributed by atoms with Crippen LogP contribution in [0.1, 0.15) is 11.4 Å². The molecule has 1 aliphatic heterocycles. The van der Waals surface area contributed by atoms with Gasteiger partial charge in [0.1, 0.15) is 5.01 Å². The van der Waals surface area contributed by atoms with Gasteiger partial charge in [0.05, 0.1) is 24.9 Å². The second-order valence-electron chi connectivity index (χ2n) is 6.31. The lowest BCUT2D eigenvalue weighted by molar-refractivity contribution is -0.0370. The highest BCUT2D eigenvalue weighted by Crippen LogP contribution is 2.23. The maximum absolute atomic E-state index is 5.89. The summed E-state index contributed by atoms with van der Waals surface area (Å²) >= 11 is 1.76. The minimum absolute atomic E-state index is 0.347. The molecule has 0 aliphatic carbocycles. The summed E-state index contributed by atoms with van der Waals surface area (Å²) < 4.78 is 5.89. The zero-order valence-corrected chi connectivity index (χ0v) is 14.8. The van der Waals surface area contributed by atoms with Crippen LogP contribution in [-0.2, 0) is 11.3 Å². The monoisotopic (exact) mass is 331 g/mol. The molecule has 2 heterocycles. The molecule has 4 nitrogen and oxygen atoms in total. The number of benzene rings is 1. The van der Waals surface area contributed by atoms with Crippen LogP contribution in [0.2, 0.25) is 0 Å². The van der Waals surface area contributed by atoms with Crippen molar-refractivity contribution in [2.75, 3.05) is 40.3 Å². The third-order valence-electron chi connectivity index (χ3n) is 4.10. The fourth-order valence-electron chi connectivity index (χ4n) is 2.82. The summed E-state index contributed by atoms with van der Waals surface area (Å²) in [5.74, 6) is 0. The molecule has 0 N–H and O–H groups in total. The molecule has 0 saturated carbocycles. The van der Waals surface area contributed by atoms with E-state index in [0.29, 0.717) is 6.10 Å². The quantitative estimate of drug-likeness (QED) is 0.814. The Bertz CT molecular complexity index is 599. The first-order valence-corrected chi connectivity index (χ1v) is 9.07. The van der Waals surface area contributed by atoms with Gasteiger partial charge in [-0.2, -0.15) is 0 Å². The highest BCUT2D eigenvalue weighted by atomic mass is 32.1. The van der Waals surface area contributed by atoms with E-state index in [9.17, 15) is 0 Å². The summed E-state index contributed by atoms with van der Waals surface area (Å²) in [6, 6.07) is 10.4. The Labute approximate surface area is 142 Å². The smallest absolute Gasteiger partial charge is 0.107 e. The average Bonchev–Trinajstić information content (AvgIpc) is 3.03. The number of morpholine rings is 1. The van der Waals surface area contributed by atoms with Gasteiger partial charge in [-0.3, -0.25) is 4.90 Å². The Morgan fingerprint density at radius 2 is 2.13 bits per heavy atom. The largest absolute Gasteiger partial charge is 0.376 e. The van der Waals surface area contributed by atoms with E-state index < -0.39 is 0 Å². The van der Waals surface area contributed by atoms with Crippen LogP contribution in [0.3, 0.4) is 0 Å². The molecule has 1 aromatic heterocycles. The van der Waals surface area contributed by atoms with E-state index in [4.69, 9.17) is 9.72 Å². The zero-order valence-electron chi connectivity index (χ0n) is 13.9. The van der Waals surface area contributed by atoms with Crippen molar-refractivity contribution in [2.45, 2.75) is 19.1 Å². The lowest BCUT2D eigenvalue weighted by Crippen LogP contribution is -2.42. The van der Waals surface area contributed by atoms with E-state index in [1.807, 2.05) is 6.07 Å². The van der Waals surface area contributed by atoms with Crippen LogP contribution in [0.5, 0.6) is 0 Å². The van der Waals surface area contributed by atoms with Gasteiger partial charge in [-0.15, -0.1) is 11.3 Å². The molecule has 0 amide bonds. The molecule has 5 heteroatoms. The maximum Gasteiger partial charge on any atom is 0.107 e. The molecule has 1 fully saturated rings. The number of aromatic nitrogens is 1. The Morgan fingerprint density at radius 3 is 2.91 bits per heavy atom. The molecule has 0 unspecified atom stereocenters. The van der Waals surface area contributed by atoms with Crippen LogP contribution in [0, 0.1) is 0 Å². The second kappa shape index (κ2) is 8.02. The van der Waals surface area contributed by atoms with Crippen LogP contribution < -0.4 is 0 Å². The number of hydrogen-bond acceptors (Lipinski definition) is 5. The Morgan fingerprint density at radius 1 is 1.30 bits per heavy atom. The lowest BCUT2D eigenvalue weighted by atomic mass is 10.2. The predicted octanol–water partition coefficient (Wildman–Crippen LogP) is 2.96. The van der Waals surface area contributed by atoms with Gasteiger partial charge in [-0.25, -0.2) is 4.98 Å². The fourth-order valence-corrected chi connectivity index (χ4v) is 3.66. The molecule has 1 aromatic carbocycles. The molecule has 23 heavy (non-hydrogen) atoms. The van der Waals surface area contributed by atoms with Crippen LogP contribution in [0.4, 0.5) is 0 Å². The number of ether oxygens (including phenoxy) is 1.